The highest BCUT2D eigenvalue weighted by Gasteiger charge is 2.10. The van der Waals surface area contributed by atoms with Gasteiger partial charge in [0.25, 0.3) is 11.7 Å². The van der Waals surface area contributed by atoms with E-state index in [0.29, 0.717) is 5.69 Å². The monoisotopic (exact) mass is 247 g/mol. The lowest BCUT2D eigenvalue weighted by atomic mass is 10.3. The van der Waals surface area contributed by atoms with Crippen LogP contribution < -0.4 is 10.1 Å². The maximum atomic E-state index is 11.6. The van der Waals surface area contributed by atoms with Crippen molar-refractivity contribution in [3.05, 3.63) is 30.1 Å². The van der Waals surface area contributed by atoms with Gasteiger partial charge in [-0.3, -0.25) is 4.79 Å². The molecule has 0 bridgehead atoms. The van der Waals surface area contributed by atoms with Crippen LogP contribution in [0.4, 0.5) is 5.69 Å². The fraction of sp³-hybridized carbons (Fsp3) is 0.273. The Morgan fingerprint density at radius 1 is 1.33 bits per heavy atom. The molecular weight excluding hydrogens is 234 g/mol. The van der Waals surface area contributed by atoms with Crippen molar-refractivity contribution in [3.8, 4) is 5.75 Å². The van der Waals surface area contributed by atoms with E-state index in [0.717, 1.165) is 5.75 Å². The van der Waals surface area contributed by atoms with Crippen LogP contribution in [-0.4, -0.2) is 32.6 Å². The zero-order valence-electron chi connectivity index (χ0n) is 10.0. The minimum atomic E-state index is -0.415. The molecule has 7 nitrogen and oxygen atoms in total. The number of tetrazole rings is 1. The number of rotatable bonds is 4. The maximum absolute atomic E-state index is 11.6. The van der Waals surface area contributed by atoms with Gasteiger partial charge in [0.15, 0.2) is 0 Å². The largest absolute Gasteiger partial charge is 0.491 e. The number of benzene rings is 1. The van der Waals surface area contributed by atoms with Gasteiger partial charge in [0.05, 0.1) is 6.10 Å². The Kier molecular flexibility index (Phi) is 3.52. The summed E-state index contributed by atoms with van der Waals surface area (Å²) in [5.74, 6) is 0.335. The number of aromatic nitrogens is 4. The zero-order chi connectivity index (χ0) is 13.0. The summed E-state index contributed by atoms with van der Waals surface area (Å²) in [4.78, 5) is 11.6. The molecule has 1 amide bonds. The molecule has 0 radical (unpaired) electrons. The van der Waals surface area contributed by atoms with Crippen molar-refractivity contribution in [1.82, 2.24) is 20.6 Å². The van der Waals surface area contributed by atoms with E-state index >= 15 is 0 Å². The normalized spacial score (nSPS) is 10.4. The summed E-state index contributed by atoms with van der Waals surface area (Å²) in [7, 11) is 0. The number of hydrogen-bond acceptors (Lipinski definition) is 5. The van der Waals surface area contributed by atoms with Crippen molar-refractivity contribution in [2.24, 2.45) is 0 Å². The molecular formula is C11H13N5O2. The number of aromatic amines is 1. The van der Waals surface area contributed by atoms with Gasteiger partial charge in [0, 0.05) is 5.69 Å². The molecule has 0 saturated heterocycles. The number of H-pyrrole nitrogens is 1. The van der Waals surface area contributed by atoms with Crippen LogP contribution in [0.5, 0.6) is 5.75 Å². The molecule has 18 heavy (non-hydrogen) atoms. The Bertz CT molecular complexity index is 507. The molecule has 0 fully saturated rings. The number of nitrogens with zero attached hydrogens (tertiary/aromatic N) is 3. The van der Waals surface area contributed by atoms with Gasteiger partial charge < -0.3 is 10.1 Å². The van der Waals surface area contributed by atoms with Gasteiger partial charge in [0.2, 0.25) is 0 Å². The van der Waals surface area contributed by atoms with Gasteiger partial charge in [-0.15, -0.1) is 10.2 Å². The SMILES string of the molecule is CC(C)Oc1ccc(NC(=O)c2nn[nH]n2)cc1. The molecule has 0 saturated carbocycles. The second-order valence-electron chi connectivity index (χ2n) is 3.88. The molecule has 2 aromatic rings. The van der Waals surface area contributed by atoms with Crippen LogP contribution in [0.25, 0.3) is 0 Å². The van der Waals surface area contributed by atoms with Crippen molar-refractivity contribution in [1.29, 1.82) is 0 Å². The minimum Gasteiger partial charge on any atom is -0.491 e. The standard InChI is InChI=1S/C11H13N5O2/c1-7(2)18-9-5-3-8(4-6-9)12-11(17)10-13-15-16-14-10/h3-7H,1-2H3,(H,12,17)(H,13,14,15,16). The number of anilines is 1. The summed E-state index contributed by atoms with van der Waals surface area (Å²) < 4.78 is 5.49. The van der Waals surface area contributed by atoms with Crippen LogP contribution in [0.3, 0.4) is 0 Å². The summed E-state index contributed by atoms with van der Waals surface area (Å²) in [5, 5.41) is 15.3. The molecule has 94 valence electrons. The van der Waals surface area contributed by atoms with E-state index in [9.17, 15) is 4.79 Å². The van der Waals surface area contributed by atoms with Gasteiger partial charge >= 0.3 is 0 Å². The average Bonchev–Trinajstić information content (AvgIpc) is 2.84. The first-order chi connectivity index (χ1) is 8.65. The van der Waals surface area contributed by atoms with E-state index < -0.39 is 5.91 Å². The molecule has 0 unspecified atom stereocenters. The average molecular weight is 247 g/mol. The first kappa shape index (κ1) is 12.0. The summed E-state index contributed by atoms with van der Waals surface area (Å²) in [5.41, 5.74) is 0.640. The maximum Gasteiger partial charge on any atom is 0.297 e. The van der Waals surface area contributed by atoms with Crippen LogP contribution in [0.15, 0.2) is 24.3 Å². The molecule has 0 atom stereocenters. The number of ether oxygens (including phenoxy) is 1. The Hall–Kier alpha value is -2.44. The second-order valence-corrected chi connectivity index (χ2v) is 3.88. The second kappa shape index (κ2) is 5.26. The zero-order valence-corrected chi connectivity index (χ0v) is 10.0. The lowest BCUT2D eigenvalue weighted by molar-refractivity contribution is 0.101. The third kappa shape index (κ3) is 3.03. The number of nitrogens with one attached hydrogen (secondary N) is 2. The first-order valence-corrected chi connectivity index (χ1v) is 5.46. The molecule has 0 spiro atoms. The van der Waals surface area contributed by atoms with Crippen LogP contribution >= 0.6 is 0 Å². The molecule has 0 aliphatic rings. The van der Waals surface area contributed by atoms with E-state index in [2.05, 4.69) is 25.9 Å². The molecule has 0 aliphatic carbocycles. The van der Waals surface area contributed by atoms with Crippen LogP contribution in [0.2, 0.25) is 0 Å². The third-order valence-electron chi connectivity index (χ3n) is 2.03. The quantitative estimate of drug-likeness (QED) is 0.847. The smallest absolute Gasteiger partial charge is 0.297 e. The molecule has 1 aromatic carbocycles. The molecule has 0 aliphatic heterocycles. The lowest BCUT2D eigenvalue weighted by Crippen LogP contribution is -2.13. The van der Waals surface area contributed by atoms with E-state index in [4.69, 9.17) is 4.74 Å². The van der Waals surface area contributed by atoms with Gasteiger partial charge in [-0.1, -0.05) is 0 Å². The Morgan fingerprint density at radius 2 is 2.06 bits per heavy atom. The summed E-state index contributed by atoms with van der Waals surface area (Å²) in [6, 6.07) is 7.06. The van der Waals surface area contributed by atoms with E-state index in [-0.39, 0.29) is 11.9 Å². The predicted molar refractivity (Wildman–Crippen MR) is 64.3 cm³/mol. The van der Waals surface area contributed by atoms with Crippen LogP contribution in [0, 0.1) is 0 Å². The van der Waals surface area contributed by atoms with E-state index in [1.807, 2.05) is 13.8 Å². The summed E-state index contributed by atoms with van der Waals surface area (Å²) >= 11 is 0. The van der Waals surface area contributed by atoms with Crippen molar-refractivity contribution < 1.29 is 9.53 Å². The minimum absolute atomic E-state index is 0.00231. The molecule has 7 heteroatoms. The Morgan fingerprint density at radius 3 is 2.61 bits per heavy atom. The third-order valence-corrected chi connectivity index (χ3v) is 2.03. The first-order valence-electron chi connectivity index (χ1n) is 5.46. The molecule has 2 rings (SSSR count). The highest BCUT2D eigenvalue weighted by Crippen LogP contribution is 2.17. The van der Waals surface area contributed by atoms with Crippen LogP contribution in [0.1, 0.15) is 24.5 Å². The number of carbonyl (C=O) groups is 1. The van der Waals surface area contributed by atoms with Crippen LogP contribution in [-0.2, 0) is 0 Å². The highest BCUT2D eigenvalue weighted by molar-refractivity contribution is 6.01. The molecule has 2 N–H and O–H groups in total. The van der Waals surface area contributed by atoms with E-state index in [1.165, 1.54) is 0 Å². The highest BCUT2D eigenvalue weighted by atomic mass is 16.5. The van der Waals surface area contributed by atoms with Gasteiger partial charge in [-0.25, -0.2) is 0 Å². The Labute approximate surface area is 104 Å². The van der Waals surface area contributed by atoms with Crippen molar-refractivity contribution in [2.45, 2.75) is 20.0 Å². The summed E-state index contributed by atoms with van der Waals surface area (Å²) in [6.45, 7) is 3.90. The summed E-state index contributed by atoms with van der Waals surface area (Å²) in [6.07, 6.45) is 0.116. The number of carbonyl (C=O) groups excluding carboxylic acids is 1. The van der Waals surface area contributed by atoms with Gasteiger partial charge in [0.1, 0.15) is 5.75 Å². The van der Waals surface area contributed by atoms with Crippen molar-refractivity contribution >= 4 is 11.6 Å². The number of amides is 1. The van der Waals surface area contributed by atoms with E-state index in [1.54, 1.807) is 24.3 Å². The van der Waals surface area contributed by atoms with Gasteiger partial charge in [-0.05, 0) is 43.3 Å². The number of hydrogen-bond donors (Lipinski definition) is 2. The lowest BCUT2D eigenvalue weighted by Gasteiger charge is -2.10. The van der Waals surface area contributed by atoms with Crippen molar-refractivity contribution in [3.63, 3.8) is 0 Å². The Balaban J connectivity index is 2.00. The van der Waals surface area contributed by atoms with Gasteiger partial charge in [-0.2, -0.15) is 5.21 Å². The predicted octanol–water partition coefficient (Wildman–Crippen LogP) is 1.24. The molecule has 1 aromatic heterocycles. The molecule has 1 heterocycles. The topological polar surface area (TPSA) is 92.8 Å². The fourth-order valence-electron chi connectivity index (χ4n) is 1.33. The van der Waals surface area contributed by atoms with Crippen molar-refractivity contribution in [2.75, 3.05) is 5.32 Å². The fourth-order valence-corrected chi connectivity index (χ4v) is 1.33.